The van der Waals surface area contributed by atoms with Gasteiger partial charge in [0.1, 0.15) is 11.0 Å². The molecule has 0 aliphatic carbocycles. The number of hydrogen-bond donors (Lipinski definition) is 1. The van der Waals surface area contributed by atoms with Gasteiger partial charge in [0, 0.05) is 18.5 Å². The van der Waals surface area contributed by atoms with Crippen LogP contribution in [0, 0.1) is 0 Å². The highest BCUT2D eigenvalue weighted by molar-refractivity contribution is 7.80. The molecule has 1 aliphatic heterocycles. The first-order valence-corrected chi connectivity index (χ1v) is 7.66. The molecule has 0 saturated carbocycles. The lowest BCUT2D eigenvalue weighted by molar-refractivity contribution is 0.0365. The van der Waals surface area contributed by atoms with Crippen molar-refractivity contribution in [2.45, 2.75) is 6.04 Å². The summed E-state index contributed by atoms with van der Waals surface area (Å²) < 4.78 is 5.33. The number of nitrogens with zero attached hydrogens (tertiary/aromatic N) is 3. The predicted molar refractivity (Wildman–Crippen MR) is 81.5 cm³/mol. The van der Waals surface area contributed by atoms with E-state index in [1.807, 2.05) is 25.0 Å². The van der Waals surface area contributed by atoms with Gasteiger partial charge in [0.2, 0.25) is 0 Å². The summed E-state index contributed by atoms with van der Waals surface area (Å²) in [6.45, 7) is 4.30. The Morgan fingerprint density at radius 3 is 2.89 bits per heavy atom. The lowest BCUT2D eigenvalue weighted by Crippen LogP contribution is -2.46. The molecule has 1 N–H and O–H groups in total. The molecule has 1 atom stereocenters. The van der Waals surface area contributed by atoms with Crippen LogP contribution in [0.1, 0.15) is 11.7 Å². The molecule has 1 unspecified atom stereocenters. The molecule has 1 aromatic heterocycles. The highest BCUT2D eigenvalue weighted by atomic mass is 32.1. The highest BCUT2D eigenvalue weighted by Crippen LogP contribution is 2.19. The Labute approximate surface area is 123 Å². The van der Waals surface area contributed by atoms with E-state index in [9.17, 15) is 0 Å². The number of thiazole rings is 1. The molecular formula is C12H20N4OS2. The van der Waals surface area contributed by atoms with E-state index in [2.05, 4.69) is 20.1 Å². The average Bonchev–Trinajstić information content (AvgIpc) is 2.91. The Morgan fingerprint density at radius 1 is 1.58 bits per heavy atom. The molecule has 1 aromatic rings. The first-order valence-electron chi connectivity index (χ1n) is 6.31. The zero-order chi connectivity index (χ0) is 13.7. The summed E-state index contributed by atoms with van der Waals surface area (Å²) in [5.74, 6) is 0. The topological polar surface area (TPSA) is 40.6 Å². The van der Waals surface area contributed by atoms with Crippen molar-refractivity contribution >= 4 is 28.5 Å². The van der Waals surface area contributed by atoms with Crippen molar-refractivity contribution < 1.29 is 4.74 Å². The van der Waals surface area contributed by atoms with Gasteiger partial charge >= 0.3 is 0 Å². The van der Waals surface area contributed by atoms with Gasteiger partial charge in [-0.25, -0.2) is 4.98 Å². The van der Waals surface area contributed by atoms with Gasteiger partial charge in [-0.3, -0.25) is 9.80 Å². The van der Waals surface area contributed by atoms with Crippen LogP contribution in [0.2, 0.25) is 0 Å². The second kappa shape index (κ2) is 7.25. The number of aromatic nitrogens is 1. The fourth-order valence-electron chi connectivity index (χ4n) is 2.04. The Bertz CT molecular complexity index is 390. The van der Waals surface area contributed by atoms with Crippen LogP contribution >= 0.6 is 23.6 Å². The number of hydrogen-bond acceptors (Lipinski definition) is 6. The molecule has 7 heteroatoms. The van der Waals surface area contributed by atoms with Crippen LogP contribution in [0.5, 0.6) is 0 Å². The van der Waals surface area contributed by atoms with E-state index in [-0.39, 0.29) is 6.04 Å². The minimum atomic E-state index is 0.0438. The summed E-state index contributed by atoms with van der Waals surface area (Å²) >= 11 is 7.12. The van der Waals surface area contributed by atoms with Gasteiger partial charge < -0.3 is 10.1 Å². The molecule has 0 bridgehead atoms. The standard InChI is InChI=1S/C12H20N4OS2/c1-15(2)11(10-7-19-9-14-10)12(18)13-8-16-3-5-17-6-4-16/h7,9,11H,3-6,8H2,1-2H3,(H,13,18). The van der Waals surface area contributed by atoms with Crippen molar-refractivity contribution in [1.82, 2.24) is 20.1 Å². The summed E-state index contributed by atoms with van der Waals surface area (Å²) in [7, 11) is 4.04. The van der Waals surface area contributed by atoms with Crippen molar-refractivity contribution in [2.75, 3.05) is 47.1 Å². The number of thiocarbonyl (C=S) groups is 1. The summed E-state index contributed by atoms with van der Waals surface area (Å²) in [5.41, 5.74) is 2.85. The average molecular weight is 300 g/mol. The van der Waals surface area contributed by atoms with Crippen molar-refractivity contribution in [3.05, 3.63) is 16.6 Å². The minimum absolute atomic E-state index is 0.0438. The number of ether oxygens (including phenoxy) is 1. The lowest BCUT2D eigenvalue weighted by atomic mass is 10.2. The van der Waals surface area contributed by atoms with Crippen LogP contribution in [0.3, 0.4) is 0 Å². The third-order valence-electron chi connectivity index (χ3n) is 3.08. The maximum absolute atomic E-state index is 5.52. The smallest absolute Gasteiger partial charge is 0.103 e. The SMILES string of the molecule is CN(C)C(C(=S)NCN1CCOCC1)c1cscn1. The summed E-state index contributed by atoms with van der Waals surface area (Å²) in [6, 6.07) is 0.0438. The van der Waals surface area contributed by atoms with E-state index < -0.39 is 0 Å². The largest absolute Gasteiger partial charge is 0.379 e. The molecule has 0 amide bonds. The molecule has 1 fully saturated rings. The molecule has 2 rings (SSSR count). The maximum Gasteiger partial charge on any atom is 0.103 e. The molecule has 0 radical (unpaired) electrons. The minimum Gasteiger partial charge on any atom is -0.379 e. The fraction of sp³-hybridized carbons (Fsp3) is 0.667. The van der Waals surface area contributed by atoms with Crippen molar-refractivity contribution in [2.24, 2.45) is 0 Å². The van der Waals surface area contributed by atoms with Crippen LogP contribution in [0.25, 0.3) is 0 Å². The molecule has 2 heterocycles. The van der Waals surface area contributed by atoms with Crippen LogP contribution in [0.15, 0.2) is 10.9 Å². The van der Waals surface area contributed by atoms with Crippen molar-refractivity contribution in [1.29, 1.82) is 0 Å². The number of rotatable bonds is 5. The molecule has 1 saturated heterocycles. The predicted octanol–water partition coefficient (Wildman–Crippen LogP) is 0.953. The van der Waals surface area contributed by atoms with Gasteiger partial charge in [-0.15, -0.1) is 11.3 Å². The Morgan fingerprint density at radius 2 is 2.32 bits per heavy atom. The zero-order valence-corrected chi connectivity index (χ0v) is 13.0. The molecule has 0 aromatic carbocycles. The lowest BCUT2D eigenvalue weighted by Gasteiger charge is -2.29. The van der Waals surface area contributed by atoms with Gasteiger partial charge in [-0.05, 0) is 14.1 Å². The van der Waals surface area contributed by atoms with E-state index in [0.717, 1.165) is 43.7 Å². The van der Waals surface area contributed by atoms with E-state index in [4.69, 9.17) is 17.0 Å². The Hall–Kier alpha value is -0.600. The van der Waals surface area contributed by atoms with Crippen molar-refractivity contribution in [3.63, 3.8) is 0 Å². The quantitative estimate of drug-likeness (QED) is 0.817. The van der Waals surface area contributed by atoms with Crippen LogP contribution in [-0.4, -0.2) is 66.8 Å². The second-order valence-corrected chi connectivity index (χ2v) is 5.87. The number of likely N-dealkylation sites (N-methyl/N-ethyl adjacent to an activating group) is 1. The van der Waals surface area contributed by atoms with Gasteiger partial charge in [0.05, 0.1) is 31.1 Å². The van der Waals surface area contributed by atoms with E-state index >= 15 is 0 Å². The normalized spacial score (nSPS) is 18.5. The highest BCUT2D eigenvalue weighted by Gasteiger charge is 2.21. The first kappa shape index (κ1) is 14.8. The molecule has 5 nitrogen and oxygen atoms in total. The molecular weight excluding hydrogens is 280 g/mol. The van der Waals surface area contributed by atoms with Gasteiger partial charge in [-0.1, -0.05) is 12.2 Å². The van der Waals surface area contributed by atoms with Crippen LogP contribution < -0.4 is 5.32 Å². The molecule has 19 heavy (non-hydrogen) atoms. The number of morpholine rings is 1. The monoisotopic (exact) mass is 300 g/mol. The van der Waals surface area contributed by atoms with E-state index in [0.29, 0.717) is 0 Å². The van der Waals surface area contributed by atoms with Gasteiger partial charge in [-0.2, -0.15) is 0 Å². The fourth-order valence-corrected chi connectivity index (χ4v) is 3.00. The third-order valence-corrected chi connectivity index (χ3v) is 4.05. The Kier molecular flexibility index (Phi) is 5.65. The third kappa shape index (κ3) is 4.19. The molecule has 0 spiro atoms. The van der Waals surface area contributed by atoms with Crippen LogP contribution in [-0.2, 0) is 4.74 Å². The van der Waals surface area contributed by atoms with Crippen molar-refractivity contribution in [3.8, 4) is 0 Å². The second-order valence-electron chi connectivity index (χ2n) is 4.71. The Balaban J connectivity index is 1.89. The summed E-state index contributed by atoms with van der Waals surface area (Å²) in [5, 5.41) is 5.40. The summed E-state index contributed by atoms with van der Waals surface area (Å²) in [4.78, 5) is 9.59. The molecule has 1 aliphatic rings. The number of nitrogens with one attached hydrogen (secondary N) is 1. The van der Waals surface area contributed by atoms with E-state index in [1.54, 1.807) is 11.3 Å². The zero-order valence-electron chi connectivity index (χ0n) is 11.3. The van der Waals surface area contributed by atoms with E-state index in [1.165, 1.54) is 0 Å². The maximum atomic E-state index is 5.52. The summed E-state index contributed by atoms with van der Waals surface area (Å²) in [6.07, 6.45) is 0. The van der Waals surface area contributed by atoms with Crippen LogP contribution in [0.4, 0.5) is 0 Å². The van der Waals surface area contributed by atoms with Gasteiger partial charge in [0.25, 0.3) is 0 Å². The van der Waals surface area contributed by atoms with Gasteiger partial charge in [0.15, 0.2) is 0 Å². The molecule has 106 valence electrons. The first-order chi connectivity index (χ1) is 9.18.